The Hall–Kier alpha value is -1.37. The first-order valence-electron chi connectivity index (χ1n) is 7.04. The van der Waals surface area contributed by atoms with Crippen LogP contribution in [0.4, 0.5) is 0 Å². The Kier molecular flexibility index (Phi) is 7.09. The van der Waals surface area contributed by atoms with E-state index in [-0.39, 0.29) is 0 Å². The standard InChI is InChI=1S/C17H24O/c1-3-5-6-7-10-15-11-8-9-12-16(15)13-14-17(18)4-2/h7-12H,3-6,13-14H2,1-2H3/b10-7+. The summed E-state index contributed by atoms with van der Waals surface area (Å²) in [6.07, 6.45) is 10.2. The number of ketones is 1. The SMILES string of the molecule is CCCC/C=C/c1ccccc1CCC(=O)CC. The van der Waals surface area contributed by atoms with Crippen LogP contribution in [0.15, 0.2) is 30.3 Å². The van der Waals surface area contributed by atoms with Crippen LogP contribution in [0, 0.1) is 0 Å². The van der Waals surface area contributed by atoms with Gasteiger partial charge in [-0.15, -0.1) is 0 Å². The van der Waals surface area contributed by atoms with Gasteiger partial charge in [-0.3, -0.25) is 4.79 Å². The molecule has 0 unspecified atom stereocenters. The van der Waals surface area contributed by atoms with Crippen LogP contribution in [0.5, 0.6) is 0 Å². The van der Waals surface area contributed by atoms with Crippen LogP contribution in [-0.2, 0) is 11.2 Å². The lowest BCUT2D eigenvalue weighted by atomic mass is 10.0. The summed E-state index contributed by atoms with van der Waals surface area (Å²) < 4.78 is 0. The molecule has 0 saturated heterocycles. The van der Waals surface area contributed by atoms with Crippen molar-refractivity contribution in [2.24, 2.45) is 0 Å². The molecular formula is C17H24O. The van der Waals surface area contributed by atoms with E-state index < -0.39 is 0 Å². The topological polar surface area (TPSA) is 17.1 Å². The highest BCUT2D eigenvalue weighted by Gasteiger charge is 2.02. The summed E-state index contributed by atoms with van der Waals surface area (Å²) in [5.41, 5.74) is 2.55. The van der Waals surface area contributed by atoms with Crippen LogP contribution >= 0.6 is 0 Å². The molecule has 0 aliphatic rings. The van der Waals surface area contributed by atoms with E-state index in [1.54, 1.807) is 0 Å². The average molecular weight is 244 g/mol. The summed E-state index contributed by atoms with van der Waals surface area (Å²) in [5, 5.41) is 0. The van der Waals surface area contributed by atoms with Crippen molar-refractivity contribution in [1.29, 1.82) is 0 Å². The molecule has 0 amide bonds. The molecular weight excluding hydrogens is 220 g/mol. The number of rotatable bonds is 8. The molecule has 0 fully saturated rings. The first-order valence-corrected chi connectivity index (χ1v) is 7.04. The fraction of sp³-hybridized carbons (Fsp3) is 0.471. The van der Waals surface area contributed by atoms with E-state index in [2.05, 4.69) is 43.3 Å². The van der Waals surface area contributed by atoms with Gasteiger partial charge in [0.25, 0.3) is 0 Å². The Morgan fingerprint density at radius 1 is 1.22 bits per heavy atom. The quantitative estimate of drug-likeness (QED) is 0.600. The molecule has 1 aromatic carbocycles. The first kappa shape index (κ1) is 14.7. The fourth-order valence-electron chi connectivity index (χ4n) is 1.91. The number of aryl methyl sites for hydroxylation is 1. The van der Waals surface area contributed by atoms with E-state index >= 15 is 0 Å². The van der Waals surface area contributed by atoms with Crippen molar-refractivity contribution in [2.45, 2.75) is 52.4 Å². The highest BCUT2D eigenvalue weighted by Crippen LogP contribution is 2.14. The first-order chi connectivity index (χ1) is 8.77. The second-order valence-electron chi connectivity index (χ2n) is 4.64. The van der Waals surface area contributed by atoms with Crippen molar-refractivity contribution in [3.05, 3.63) is 41.5 Å². The lowest BCUT2D eigenvalue weighted by molar-refractivity contribution is -0.118. The maximum Gasteiger partial charge on any atom is 0.132 e. The van der Waals surface area contributed by atoms with Gasteiger partial charge in [-0.1, -0.05) is 63.1 Å². The van der Waals surface area contributed by atoms with Crippen molar-refractivity contribution in [3.63, 3.8) is 0 Å². The zero-order chi connectivity index (χ0) is 13.2. The van der Waals surface area contributed by atoms with Crippen LogP contribution < -0.4 is 0 Å². The fourth-order valence-corrected chi connectivity index (χ4v) is 1.91. The van der Waals surface area contributed by atoms with Crippen LogP contribution in [0.3, 0.4) is 0 Å². The van der Waals surface area contributed by atoms with Crippen LogP contribution in [0.2, 0.25) is 0 Å². The highest BCUT2D eigenvalue weighted by atomic mass is 16.1. The third-order valence-electron chi connectivity index (χ3n) is 3.14. The maximum atomic E-state index is 11.4. The molecule has 1 rings (SSSR count). The predicted octanol–water partition coefficient (Wildman–Crippen LogP) is 4.80. The van der Waals surface area contributed by atoms with E-state index in [9.17, 15) is 4.79 Å². The maximum absolute atomic E-state index is 11.4. The van der Waals surface area contributed by atoms with Crippen molar-refractivity contribution in [3.8, 4) is 0 Å². The van der Waals surface area contributed by atoms with E-state index in [1.807, 2.05) is 6.92 Å². The summed E-state index contributed by atoms with van der Waals surface area (Å²) in [6, 6.07) is 8.37. The van der Waals surface area contributed by atoms with Gasteiger partial charge in [0.2, 0.25) is 0 Å². The largest absolute Gasteiger partial charge is 0.300 e. The monoisotopic (exact) mass is 244 g/mol. The highest BCUT2D eigenvalue weighted by molar-refractivity contribution is 5.78. The number of allylic oxidation sites excluding steroid dienone is 1. The molecule has 0 radical (unpaired) electrons. The van der Waals surface area contributed by atoms with Crippen LogP contribution in [-0.4, -0.2) is 5.78 Å². The van der Waals surface area contributed by atoms with Crippen molar-refractivity contribution in [2.75, 3.05) is 0 Å². The Morgan fingerprint density at radius 2 is 2.00 bits per heavy atom. The molecule has 0 heterocycles. The van der Waals surface area contributed by atoms with E-state index in [1.165, 1.54) is 24.0 Å². The molecule has 1 heteroatoms. The van der Waals surface area contributed by atoms with E-state index in [4.69, 9.17) is 0 Å². The van der Waals surface area contributed by atoms with Gasteiger partial charge >= 0.3 is 0 Å². The summed E-state index contributed by atoms with van der Waals surface area (Å²) in [4.78, 5) is 11.4. The Labute approximate surface area is 111 Å². The molecule has 1 nitrogen and oxygen atoms in total. The zero-order valence-electron chi connectivity index (χ0n) is 11.6. The molecule has 0 aliphatic heterocycles. The molecule has 0 spiro atoms. The van der Waals surface area contributed by atoms with Gasteiger partial charge in [-0.2, -0.15) is 0 Å². The summed E-state index contributed by atoms with van der Waals surface area (Å²) in [7, 11) is 0. The van der Waals surface area contributed by atoms with Gasteiger partial charge in [-0.25, -0.2) is 0 Å². The zero-order valence-corrected chi connectivity index (χ0v) is 11.6. The summed E-state index contributed by atoms with van der Waals surface area (Å²) >= 11 is 0. The van der Waals surface area contributed by atoms with Crippen LogP contribution in [0.25, 0.3) is 6.08 Å². The number of unbranched alkanes of at least 4 members (excludes halogenated alkanes) is 2. The minimum absolute atomic E-state index is 0.347. The van der Waals surface area contributed by atoms with Gasteiger partial charge in [0, 0.05) is 12.8 Å². The second-order valence-corrected chi connectivity index (χ2v) is 4.64. The number of carbonyl (C=O) groups is 1. The van der Waals surface area contributed by atoms with E-state index in [0.717, 1.165) is 12.8 Å². The smallest absolute Gasteiger partial charge is 0.132 e. The number of benzene rings is 1. The van der Waals surface area contributed by atoms with Gasteiger partial charge in [0.05, 0.1) is 0 Å². The molecule has 18 heavy (non-hydrogen) atoms. The summed E-state index contributed by atoms with van der Waals surface area (Å²) in [5.74, 6) is 0.347. The molecule has 0 N–H and O–H groups in total. The minimum atomic E-state index is 0.347. The predicted molar refractivity (Wildman–Crippen MR) is 78.6 cm³/mol. The van der Waals surface area contributed by atoms with Crippen LogP contribution in [0.1, 0.15) is 57.1 Å². The minimum Gasteiger partial charge on any atom is -0.300 e. The molecule has 0 aromatic heterocycles. The normalized spacial score (nSPS) is 11.0. The van der Waals surface area contributed by atoms with Crippen molar-refractivity contribution in [1.82, 2.24) is 0 Å². The average Bonchev–Trinajstić information content (AvgIpc) is 2.42. The molecule has 1 aromatic rings. The Bertz CT molecular complexity index is 390. The third kappa shape index (κ3) is 5.31. The molecule has 98 valence electrons. The lowest BCUT2D eigenvalue weighted by Crippen LogP contribution is -1.99. The summed E-state index contributed by atoms with van der Waals surface area (Å²) in [6.45, 7) is 4.14. The number of carbonyl (C=O) groups excluding carboxylic acids is 1. The van der Waals surface area contributed by atoms with Crippen molar-refractivity contribution < 1.29 is 4.79 Å². The van der Waals surface area contributed by atoms with E-state index in [0.29, 0.717) is 18.6 Å². The third-order valence-corrected chi connectivity index (χ3v) is 3.14. The Balaban J connectivity index is 2.61. The lowest BCUT2D eigenvalue weighted by Gasteiger charge is -2.05. The molecule has 0 atom stereocenters. The Morgan fingerprint density at radius 3 is 2.72 bits per heavy atom. The second kappa shape index (κ2) is 8.68. The van der Waals surface area contributed by atoms with Crippen molar-refractivity contribution >= 4 is 11.9 Å². The van der Waals surface area contributed by atoms with Gasteiger partial charge < -0.3 is 0 Å². The van der Waals surface area contributed by atoms with Gasteiger partial charge in [0.1, 0.15) is 5.78 Å². The molecule has 0 aliphatic carbocycles. The molecule has 0 saturated carbocycles. The molecule has 0 bridgehead atoms. The number of Topliss-reactive ketones (excluding diaryl/α,β-unsaturated/α-hetero) is 1. The number of hydrogen-bond acceptors (Lipinski definition) is 1. The van der Waals surface area contributed by atoms with Gasteiger partial charge in [0.15, 0.2) is 0 Å². The number of hydrogen-bond donors (Lipinski definition) is 0. The van der Waals surface area contributed by atoms with Gasteiger partial charge in [-0.05, 0) is 24.0 Å².